The van der Waals surface area contributed by atoms with E-state index in [4.69, 9.17) is 14.2 Å². The van der Waals surface area contributed by atoms with Crippen LogP contribution < -0.4 is 0 Å². The van der Waals surface area contributed by atoms with Crippen LogP contribution in [0.25, 0.3) is 0 Å². The summed E-state index contributed by atoms with van der Waals surface area (Å²) in [6, 6.07) is 0. The molecule has 0 aliphatic carbocycles. The first-order valence-electron chi connectivity index (χ1n) is 31.0. The highest BCUT2D eigenvalue weighted by Crippen LogP contribution is 2.14. The van der Waals surface area contributed by atoms with Crippen LogP contribution in [0.1, 0.15) is 278 Å². The van der Waals surface area contributed by atoms with Gasteiger partial charge in [0.1, 0.15) is 13.2 Å². The third kappa shape index (κ3) is 60.6. The molecule has 0 rings (SSSR count). The molecule has 0 fully saturated rings. The van der Waals surface area contributed by atoms with Gasteiger partial charge in [0.25, 0.3) is 0 Å². The Bertz CT molecular complexity index is 1570. The quantitative estimate of drug-likeness (QED) is 0.0261. The van der Waals surface area contributed by atoms with Crippen molar-refractivity contribution in [3.8, 4) is 0 Å². The van der Waals surface area contributed by atoms with Crippen LogP contribution in [0.3, 0.4) is 0 Å². The van der Waals surface area contributed by atoms with Gasteiger partial charge in [-0.25, -0.2) is 0 Å². The molecule has 75 heavy (non-hydrogen) atoms. The molecule has 0 heterocycles. The number of unbranched alkanes of at least 4 members (excludes halogenated alkanes) is 24. The van der Waals surface area contributed by atoms with Crippen LogP contribution in [0.2, 0.25) is 0 Å². The lowest BCUT2D eigenvalue weighted by atomic mass is 10.1. The minimum absolute atomic E-state index is 0.0965. The molecule has 0 aromatic rings. The predicted octanol–water partition coefficient (Wildman–Crippen LogP) is 21.2. The molecule has 0 aromatic heterocycles. The average Bonchev–Trinajstić information content (AvgIpc) is 3.41. The van der Waals surface area contributed by atoms with Gasteiger partial charge in [0, 0.05) is 19.3 Å². The summed E-state index contributed by atoms with van der Waals surface area (Å²) in [5.74, 6) is -0.930. The Morgan fingerprint density at radius 2 is 0.520 bits per heavy atom. The van der Waals surface area contributed by atoms with Crippen LogP contribution in [0, 0.1) is 0 Å². The van der Waals surface area contributed by atoms with Gasteiger partial charge in [0.2, 0.25) is 0 Å². The molecule has 0 radical (unpaired) electrons. The Labute approximate surface area is 462 Å². The van der Waals surface area contributed by atoms with Gasteiger partial charge in [0.15, 0.2) is 6.10 Å². The Hall–Kier alpha value is -4.19. The van der Waals surface area contributed by atoms with Crippen LogP contribution in [-0.4, -0.2) is 37.2 Å². The van der Waals surface area contributed by atoms with Gasteiger partial charge in [-0.15, -0.1) is 0 Å². The van der Waals surface area contributed by atoms with E-state index in [9.17, 15) is 14.4 Å². The van der Waals surface area contributed by atoms with Crippen molar-refractivity contribution in [3.05, 3.63) is 122 Å². The van der Waals surface area contributed by atoms with Crippen LogP contribution in [0.15, 0.2) is 122 Å². The first-order valence-corrected chi connectivity index (χ1v) is 31.0. The van der Waals surface area contributed by atoms with Crippen LogP contribution >= 0.6 is 0 Å². The van der Waals surface area contributed by atoms with Crippen molar-refractivity contribution in [2.45, 2.75) is 284 Å². The molecule has 0 aromatic carbocycles. The maximum Gasteiger partial charge on any atom is 0.306 e. The predicted molar refractivity (Wildman–Crippen MR) is 325 cm³/mol. The zero-order valence-electron chi connectivity index (χ0n) is 48.8. The number of rotatable bonds is 55. The summed E-state index contributed by atoms with van der Waals surface area (Å²) in [6.45, 7) is 6.45. The van der Waals surface area contributed by atoms with E-state index >= 15 is 0 Å². The zero-order chi connectivity index (χ0) is 54.3. The highest BCUT2D eigenvalue weighted by Gasteiger charge is 2.19. The lowest BCUT2D eigenvalue weighted by molar-refractivity contribution is -0.167. The van der Waals surface area contributed by atoms with Crippen molar-refractivity contribution in [3.63, 3.8) is 0 Å². The Kier molecular flexibility index (Phi) is 58.9. The van der Waals surface area contributed by atoms with Crippen molar-refractivity contribution in [2.75, 3.05) is 13.2 Å². The van der Waals surface area contributed by atoms with Crippen molar-refractivity contribution in [1.82, 2.24) is 0 Å². The molecule has 0 saturated carbocycles. The molecule has 1 atom stereocenters. The summed E-state index contributed by atoms with van der Waals surface area (Å²) < 4.78 is 16.9. The molecule has 0 saturated heterocycles. The van der Waals surface area contributed by atoms with E-state index in [1.807, 2.05) is 0 Å². The second kappa shape index (κ2) is 62.4. The maximum atomic E-state index is 12.9. The lowest BCUT2D eigenvalue weighted by Crippen LogP contribution is -2.30. The summed E-state index contributed by atoms with van der Waals surface area (Å²) in [5, 5.41) is 0. The molecule has 6 nitrogen and oxygen atoms in total. The van der Waals surface area contributed by atoms with Gasteiger partial charge in [-0.1, -0.05) is 245 Å². The van der Waals surface area contributed by atoms with Crippen LogP contribution in [0.5, 0.6) is 0 Å². The number of carbonyl (C=O) groups excluding carboxylic acids is 3. The van der Waals surface area contributed by atoms with E-state index in [1.165, 1.54) is 89.9 Å². The normalized spacial score (nSPS) is 12.9. The topological polar surface area (TPSA) is 78.9 Å². The highest BCUT2D eigenvalue weighted by atomic mass is 16.6. The second-order valence-corrected chi connectivity index (χ2v) is 20.2. The van der Waals surface area contributed by atoms with Gasteiger partial charge in [0.05, 0.1) is 0 Å². The minimum atomic E-state index is -0.801. The number of ether oxygens (including phenoxy) is 3. The van der Waals surface area contributed by atoms with Crippen molar-refractivity contribution >= 4 is 17.9 Å². The SMILES string of the molecule is CC/C=C\C/C=C\C/C=C\C/C=C\C/C=C\CCCCCCCCCC(=O)OCC(COC(=O)CCCCCCC/C=C\C/C=C\CCCCC)OC(=O)CCCCCCCC/C=C\C/C=C\C/C=C\CCCCC. The van der Waals surface area contributed by atoms with Crippen molar-refractivity contribution in [2.24, 2.45) is 0 Å². The van der Waals surface area contributed by atoms with E-state index in [1.54, 1.807) is 0 Å². The van der Waals surface area contributed by atoms with Crippen molar-refractivity contribution in [1.29, 1.82) is 0 Å². The van der Waals surface area contributed by atoms with Crippen LogP contribution in [0.4, 0.5) is 0 Å². The number of allylic oxidation sites excluding steroid dienone is 20. The Morgan fingerprint density at radius 3 is 0.813 bits per heavy atom. The third-order valence-corrected chi connectivity index (χ3v) is 12.9. The van der Waals surface area contributed by atoms with Gasteiger partial charge in [-0.05, 0) is 135 Å². The van der Waals surface area contributed by atoms with E-state index in [0.29, 0.717) is 19.3 Å². The first kappa shape index (κ1) is 70.8. The summed E-state index contributed by atoms with van der Waals surface area (Å²) >= 11 is 0. The average molecular weight is 1040 g/mol. The fourth-order valence-corrected chi connectivity index (χ4v) is 8.27. The van der Waals surface area contributed by atoms with Gasteiger partial charge in [-0.3, -0.25) is 14.4 Å². The molecule has 0 amide bonds. The Balaban J connectivity index is 4.45. The van der Waals surface area contributed by atoms with E-state index < -0.39 is 6.10 Å². The third-order valence-electron chi connectivity index (χ3n) is 12.9. The summed E-state index contributed by atoms with van der Waals surface area (Å²) in [4.78, 5) is 38.3. The fraction of sp³-hybridized carbons (Fsp3) is 0.667. The lowest BCUT2D eigenvalue weighted by Gasteiger charge is -2.18. The smallest absolute Gasteiger partial charge is 0.306 e. The van der Waals surface area contributed by atoms with E-state index in [2.05, 4.69) is 142 Å². The highest BCUT2D eigenvalue weighted by molar-refractivity contribution is 5.71. The molecular formula is C69H114O6. The standard InChI is InChI=1S/C69H114O6/c1-4-7-10-13-16-19-22-25-28-30-32-33-34-35-37-38-41-44-47-50-53-56-59-62-68(71)74-65-66(64-73-67(70)61-58-55-52-49-46-43-40-27-24-21-18-15-12-9-6-3)75-69(72)63-60-57-54-51-48-45-42-39-36-31-29-26-23-20-17-14-11-8-5-2/h7,10,16-21,25-29,32-33,35-37,39-40,66H,4-6,8-9,11-15,22-24,30-31,34,38,41-65H2,1-3H3/b10-7-,19-16-,20-17-,21-18-,28-25-,29-26-,33-32-,37-35-,39-36-,40-27-. The Morgan fingerprint density at radius 1 is 0.280 bits per heavy atom. The molecule has 426 valence electrons. The van der Waals surface area contributed by atoms with Gasteiger partial charge < -0.3 is 14.2 Å². The van der Waals surface area contributed by atoms with E-state index in [0.717, 1.165) is 148 Å². The molecule has 0 spiro atoms. The molecule has 0 bridgehead atoms. The number of hydrogen-bond donors (Lipinski definition) is 0. The summed E-state index contributed by atoms with van der Waals surface area (Å²) in [5.41, 5.74) is 0. The van der Waals surface area contributed by atoms with Gasteiger partial charge >= 0.3 is 17.9 Å². The molecule has 0 N–H and O–H groups in total. The van der Waals surface area contributed by atoms with Crippen molar-refractivity contribution < 1.29 is 28.6 Å². The van der Waals surface area contributed by atoms with Gasteiger partial charge in [-0.2, -0.15) is 0 Å². The summed E-state index contributed by atoms with van der Waals surface area (Å²) in [7, 11) is 0. The number of hydrogen-bond acceptors (Lipinski definition) is 6. The number of carbonyl (C=O) groups is 3. The maximum absolute atomic E-state index is 12.9. The monoisotopic (exact) mass is 1040 g/mol. The fourth-order valence-electron chi connectivity index (χ4n) is 8.27. The van der Waals surface area contributed by atoms with E-state index in [-0.39, 0.29) is 31.1 Å². The zero-order valence-corrected chi connectivity index (χ0v) is 48.8. The molecule has 1 unspecified atom stereocenters. The largest absolute Gasteiger partial charge is 0.462 e. The molecular weight excluding hydrogens is 925 g/mol. The molecule has 6 heteroatoms. The van der Waals surface area contributed by atoms with Crippen LogP contribution in [-0.2, 0) is 28.6 Å². The number of esters is 3. The minimum Gasteiger partial charge on any atom is -0.462 e. The first-order chi connectivity index (χ1) is 37.0. The molecule has 0 aliphatic heterocycles. The second-order valence-electron chi connectivity index (χ2n) is 20.2. The summed E-state index contributed by atoms with van der Waals surface area (Å²) in [6.07, 6.45) is 86.1. The molecule has 0 aliphatic rings.